The fourth-order valence-corrected chi connectivity index (χ4v) is 3.72. The highest BCUT2D eigenvalue weighted by molar-refractivity contribution is 14.1. The number of hydrogen-bond donors (Lipinski definition) is 0. The van der Waals surface area contributed by atoms with Crippen molar-refractivity contribution in [2.24, 2.45) is 0 Å². The van der Waals surface area contributed by atoms with Gasteiger partial charge in [0.1, 0.15) is 0 Å². The molecule has 0 bridgehead atoms. The van der Waals surface area contributed by atoms with Crippen LogP contribution in [0.5, 0.6) is 0 Å². The van der Waals surface area contributed by atoms with Crippen LogP contribution in [-0.4, -0.2) is 33.1 Å². The second-order valence-electron chi connectivity index (χ2n) is 5.45. The molecule has 4 heteroatoms. The third kappa shape index (κ3) is 4.63. The van der Waals surface area contributed by atoms with Crippen molar-refractivity contribution < 1.29 is 0 Å². The van der Waals surface area contributed by atoms with E-state index >= 15 is 0 Å². The van der Waals surface area contributed by atoms with Gasteiger partial charge in [0, 0.05) is 34.0 Å². The Bertz CT molecular complexity index is 611. The minimum Gasteiger partial charge on any atom is -0.377 e. The Morgan fingerprint density at radius 3 is 2.33 bits per heavy atom. The fraction of sp³-hybridized carbons (Fsp3) is 0.294. The topological polar surface area (TPSA) is 6.48 Å². The lowest BCUT2D eigenvalue weighted by atomic mass is 10.2. The van der Waals surface area contributed by atoms with Crippen LogP contribution in [-0.2, 0) is 6.54 Å². The third-order valence-electron chi connectivity index (χ3n) is 3.08. The van der Waals surface area contributed by atoms with Gasteiger partial charge in [-0.1, -0.05) is 30.0 Å². The van der Waals surface area contributed by atoms with Gasteiger partial charge in [0.15, 0.2) is 0 Å². The lowest BCUT2D eigenvalue weighted by Gasteiger charge is -2.19. The monoisotopic (exact) mass is 412 g/mol. The summed E-state index contributed by atoms with van der Waals surface area (Å²) in [4.78, 5) is 7.02. The van der Waals surface area contributed by atoms with E-state index in [4.69, 9.17) is 0 Å². The predicted octanol–water partition coefficient (Wildman–Crippen LogP) is 4.57. The van der Waals surface area contributed by atoms with E-state index in [-0.39, 0.29) is 0 Å². The maximum absolute atomic E-state index is 2.37. The Morgan fingerprint density at radius 1 is 0.952 bits per heavy atom. The lowest BCUT2D eigenvalue weighted by molar-refractivity contribution is 0.399. The molecule has 0 fully saturated rings. The first-order valence-corrected chi connectivity index (χ1v) is 8.74. The van der Waals surface area contributed by atoms with Gasteiger partial charge in [-0.2, -0.15) is 0 Å². The zero-order valence-electron chi connectivity index (χ0n) is 12.9. The predicted molar refractivity (Wildman–Crippen MR) is 101 cm³/mol. The third-order valence-corrected chi connectivity index (χ3v) is 4.94. The molecule has 0 spiro atoms. The summed E-state index contributed by atoms with van der Waals surface area (Å²) >= 11 is 4.21. The van der Waals surface area contributed by atoms with Gasteiger partial charge in [-0.05, 0) is 66.5 Å². The maximum atomic E-state index is 2.37. The molecule has 0 radical (unpaired) electrons. The van der Waals surface area contributed by atoms with Gasteiger partial charge < -0.3 is 9.80 Å². The molecule has 0 aliphatic heterocycles. The van der Waals surface area contributed by atoms with Gasteiger partial charge in [0.2, 0.25) is 0 Å². The van der Waals surface area contributed by atoms with Crippen molar-refractivity contribution in [3.05, 3.63) is 51.6 Å². The average molecular weight is 412 g/mol. The normalized spacial score (nSPS) is 11.0. The number of nitrogens with zero attached hydrogens (tertiary/aromatic N) is 2. The molecule has 0 atom stereocenters. The summed E-state index contributed by atoms with van der Waals surface area (Å²) < 4.78 is 1.27. The SMILES string of the molecule is CN(C)Cc1ccccc1Sc1ccc(I)cc1N(C)C. The van der Waals surface area contributed by atoms with Crippen molar-refractivity contribution >= 4 is 40.0 Å². The van der Waals surface area contributed by atoms with Gasteiger partial charge in [-0.25, -0.2) is 0 Å². The van der Waals surface area contributed by atoms with E-state index < -0.39 is 0 Å². The highest BCUT2D eigenvalue weighted by atomic mass is 127. The van der Waals surface area contributed by atoms with E-state index in [0.29, 0.717) is 0 Å². The fourth-order valence-electron chi connectivity index (χ4n) is 2.12. The molecule has 2 aromatic rings. The van der Waals surface area contributed by atoms with Crippen LogP contribution in [0.4, 0.5) is 5.69 Å². The number of hydrogen-bond acceptors (Lipinski definition) is 3. The van der Waals surface area contributed by atoms with Crippen LogP contribution in [0.25, 0.3) is 0 Å². The van der Waals surface area contributed by atoms with Crippen molar-refractivity contribution in [3.63, 3.8) is 0 Å². The van der Waals surface area contributed by atoms with Crippen molar-refractivity contribution in [1.82, 2.24) is 4.90 Å². The van der Waals surface area contributed by atoms with E-state index in [1.807, 2.05) is 11.8 Å². The Hall–Kier alpha value is -0.720. The number of benzene rings is 2. The van der Waals surface area contributed by atoms with Crippen LogP contribution in [0.2, 0.25) is 0 Å². The smallest absolute Gasteiger partial charge is 0.0513 e. The highest BCUT2D eigenvalue weighted by Crippen LogP contribution is 2.37. The molecule has 0 saturated heterocycles. The molecule has 0 aliphatic carbocycles. The van der Waals surface area contributed by atoms with Crippen LogP contribution < -0.4 is 4.90 Å². The summed E-state index contributed by atoms with van der Waals surface area (Å²) in [5.41, 5.74) is 2.64. The van der Waals surface area contributed by atoms with Crippen molar-refractivity contribution in [2.75, 3.05) is 33.1 Å². The summed E-state index contributed by atoms with van der Waals surface area (Å²) in [6.07, 6.45) is 0. The van der Waals surface area contributed by atoms with Gasteiger partial charge in [-0.3, -0.25) is 0 Å². The van der Waals surface area contributed by atoms with Crippen LogP contribution >= 0.6 is 34.4 Å². The molecule has 0 unspecified atom stereocenters. The molecule has 2 rings (SSSR count). The largest absolute Gasteiger partial charge is 0.377 e. The Labute approximate surface area is 145 Å². The quantitative estimate of drug-likeness (QED) is 0.665. The summed E-state index contributed by atoms with van der Waals surface area (Å²) in [5, 5.41) is 0. The van der Waals surface area contributed by atoms with E-state index in [9.17, 15) is 0 Å². The molecule has 112 valence electrons. The Kier molecular flexibility index (Phi) is 5.96. The van der Waals surface area contributed by atoms with E-state index in [1.54, 1.807) is 0 Å². The minimum absolute atomic E-state index is 0.963. The maximum Gasteiger partial charge on any atom is 0.0513 e. The van der Waals surface area contributed by atoms with Crippen LogP contribution in [0.3, 0.4) is 0 Å². The van der Waals surface area contributed by atoms with E-state index in [0.717, 1.165) is 6.54 Å². The van der Waals surface area contributed by atoms with Crippen molar-refractivity contribution in [3.8, 4) is 0 Å². The van der Waals surface area contributed by atoms with Gasteiger partial charge in [-0.15, -0.1) is 0 Å². The van der Waals surface area contributed by atoms with Gasteiger partial charge >= 0.3 is 0 Å². The summed E-state index contributed by atoms with van der Waals surface area (Å²) in [6.45, 7) is 0.963. The highest BCUT2D eigenvalue weighted by Gasteiger charge is 2.10. The average Bonchev–Trinajstić information content (AvgIpc) is 2.42. The molecular weight excluding hydrogens is 391 g/mol. The van der Waals surface area contributed by atoms with Crippen LogP contribution in [0.15, 0.2) is 52.3 Å². The van der Waals surface area contributed by atoms with Crippen LogP contribution in [0, 0.1) is 3.57 Å². The molecule has 0 aliphatic rings. The summed E-state index contributed by atoms with van der Waals surface area (Å²) in [7, 11) is 8.41. The standard InChI is InChI=1S/C17H21IN2S/c1-19(2)12-13-7-5-6-8-16(13)21-17-10-9-14(18)11-15(17)20(3)4/h5-11H,12H2,1-4H3. The summed E-state index contributed by atoms with van der Waals surface area (Å²) in [5.74, 6) is 0. The Morgan fingerprint density at radius 2 is 1.67 bits per heavy atom. The zero-order valence-corrected chi connectivity index (χ0v) is 15.9. The molecular formula is C17H21IN2S. The van der Waals surface area contributed by atoms with E-state index in [2.05, 4.69) is 103 Å². The second-order valence-corrected chi connectivity index (χ2v) is 7.78. The minimum atomic E-state index is 0.963. The van der Waals surface area contributed by atoms with Crippen molar-refractivity contribution in [2.45, 2.75) is 16.3 Å². The first kappa shape index (κ1) is 16.6. The van der Waals surface area contributed by atoms with E-state index in [1.165, 1.54) is 24.6 Å². The lowest BCUT2D eigenvalue weighted by Crippen LogP contribution is -2.12. The number of anilines is 1. The van der Waals surface area contributed by atoms with Crippen LogP contribution in [0.1, 0.15) is 5.56 Å². The molecule has 0 heterocycles. The summed E-state index contributed by atoms with van der Waals surface area (Å²) in [6, 6.07) is 15.3. The first-order valence-electron chi connectivity index (χ1n) is 6.84. The molecule has 0 aromatic heterocycles. The van der Waals surface area contributed by atoms with Crippen molar-refractivity contribution in [1.29, 1.82) is 0 Å². The number of rotatable bonds is 5. The molecule has 2 nitrogen and oxygen atoms in total. The molecule has 21 heavy (non-hydrogen) atoms. The molecule has 0 amide bonds. The molecule has 0 saturated carbocycles. The molecule has 0 N–H and O–H groups in total. The zero-order chi connectivity index (χ0) is 15.4. The molecule has 2 aromatic carbocycles. The van der Waals surface area contributed by atoms with Gasteiger partial charge in [0.05, 0.1) is 5.69 Å². The number of halogens is 1. The Balaban J connectivity index is 2.34. The second kappa shape index (κ2) is 7.51. The first-order chi connectivity index (χ1) is 9.97. The van der Waals surface area contributed by atoms with Gasteiger partial charge in [0.25, 0.3) is 0 Å².